The zero-order valence-electron chi connectivity index (χ0n) is 14.3. The molecule has 5 nitrogen and oxygen atoms in total. The van der Waals surface area contributed by atoms with Gasteiger partial charge in [-0.25, -0.2) is 8.42 Å². The molecule has 0 amide bonds. The Morgan fingerprint density at radius 2 is 1.96 bits per heavy atom. The molecule has 2 bridgehead atoms. The predicted molar refractivity (Wildman–Crippen MR) is 87.4 cm³/mol. The van der Waals surface area contributed by atoms with E-state index in [0.717, 1.165) is 19.3 Å². The van der Waals surface area contributed by atoms with Crippen LogP contribution in [0.3, 0.4) is 0 Å². The molecule has 1 heterocycles. The molecule has 3 fully saturated rings. The molecule has 0 radical (unpaired) electrons. The van der Waals surface area contributed by atoms with Crippen LogP contribution in [0.1, 0.15) is 59.3 Å². The Morgan fingerprint density at radius 3 is 2.48 bits per heavy atom. The van der Waals surface area contributed by atoms with E-state index in [1.165, 1.54) is 11.2 Å². The average molecular weight is 341 g/mol. The zero-order chi connectivity index (χ0) is 17.0. The van der Waals surface area contributed by atoms with Crippen LogP contribution in [0.5, 0.6) is 0 Å². The SMILES string of the molecule is CC(=O)C1CCCCN1S(=O)(=O)C[C@]12CC[C@H](CC1=O)C2(C)C. The van der Waals surface area contributed by atoms with Crippen LogP contribution in [0.4, 0.5) is 0 Å². The molecule has 3 aliphatic rings. The normalized spacial score (nSPS) is 37.3. The highest BCUT2D eigenvalue weighted by Crippen LogP contribution is 2.64. The van der Waals surface area contributed by atoms with E-state index in [4.69, 9.17) is 0 Å². The van der Waals surface area contributed by atoms with E-state index in [9.17, 15) is 18.0 Å². The molecule has 3 rings (SSSR count). The van der Waals surface area contributed by atoms with Gasteiger partial charge in [0, 0.05) is 18.4 Å². The molecule has 0 aromatic carbocycles. The number of fused-ring (bicyclic) bond motifs is 2. The molecule has 1 saturated heterocycles. The number of Topliss-reactive ketones (excluding diaryl/α,β-unsaturated/α-hetero) is 2. The van der Waals surface area contributed by atoms with E-state index in [0.29, 0.717) is 31.7 Å². The third-order valence-electron chi connectivity index (χ3n) is 6.85. The van der Waals surface area contributed by atoms with Crippen LogP contribution in [0, 0.1) is 16.7 Å². The van der Waals surface area contributed by atoms with Gasteiger partial charge in [-0.05, 0) is 43.9 Å². The fourth-order valence-electron chi connectivity index (χ4n) is 5.15. The Kier molecular flexibility index (Phi) is 4.00. The number of nitrogens with zero attached hydrogens (tertiary/aromatic N) is 1. The second kappa shape index (κ2) is 5.38. The lowest BCUT2D eigenvalue weighted by molar-refractivity contribution is -0.128. The minimum absolute atomic E-state index is 0.0907. The number of carbonyl (C=O) groups is 2. The summed E-state index contributed by atoms with van der Waals surface area (Å²) in [6.07, 6.45) is 4.38. The molecule has 2 aliphatic carbocycles. The van der Waals surface area contributed by atoms with Crippen molar-refractivity contribution in [2.45, 2.75) is 65.3 Å². The van der Waals surface area contributed by atoms with Gasteiger partial charge in [0.05, 0.1) is 11.8 Å². The molecule has 0 N–H and O–H groups in total. The van der Waals surface area contributed by atoms with Crippen molar-refractivity contribution in [3.05, 3.63) is 0 Å². The third kappa shape index (κ3) is 2.40. The fraction of sp³-hybridized carbons (Fsp3) is 0.882. The van der Waals surface area contributed by atoms with Crippen LogP contribution in [0.15, 0.2) is 0 Å². The van der Waals surface area contributed by atoms with E-state index in [1.807, 2.05) is 13.8 Å². The second-order valence-electron chi connectivity index (χ2n) is 8.16. The molecule has 3 atom stereocenters. The highest BCUT2D eigenvalue weighted by Gasteiger charge is 2.65. The molecule has 2 saturated carbocycles. The first-order valence-electron chi connectivity index (χ1n) is 8.65. The number of rotatable bonds is 4. The molecule has 6 heteroatoms. The van der Waals surface area contributed by atoms with Crippen LogP contribution >= 0.6 is 0 Å². The number of sulfonamides is 1. The summed E-state index contributed by atoms with van der Waals surface area (Å²) in [5.74, 6) is 0.201. The molecule has 23 heavy (non-hydrogen) atoms. The molecular formula is C17H27NO4S. The largest absolute Gasteiger partial charge is 0.299 e. The lowest BCUT2D eigenvalue weighted by Gasteiger charge is -2.40. The van der Waals surface area contributed by atoms with E-state index >= 15 is 0 Å². The summed E-state index contributed by atoms with van der Waals surface area (Å²) in [5, 5.41) is 0. The standard InChI is InChI=1S/C17H27NO4S/c1-12(19)14-6-4-5-9-18(14)23(21,22)11-17-8-7-13(10-15(17)20)16(17,2)3/h13-14H,4-11H2,1-3H3/t13-,14?,17-/m1/s1. The first-order chi connectivity index (χ1) is 10.6. The van der Waals surface area contributed by atoms with Crippen LogP contribution in [0.25, 0.3) is 0 Å². The quantitative estimate of drug-likeness (QED) is 0.785. The molecule has 1 unspecified atom stereocenters. The van der Waals surface area contributed by atoms with Crippen molar-refractivity contribution in [3.8, 4) is 0 Å². The summed E-state index contributed by atoms with van der Waals surface area (Å²) in [7, 11) is -3.62. The fourth-order valence-corrected chi connectivity index (χ4v) is 7.66. The van der Waals surface area contributed by atoms with Crippen molar-refractivity contribution < 1.29 is 18.0 Å². The summed E-state index contributed by atoms with van der Waals surface area (Å²) in [4.78, 5) is 24.5. The van der Waals surface area contributed by atoms with Gasteiger partial charge >= 0.3 is 0 Å². The molecule has 0 aromatic heterocycles. The van der Waals surface area contributed by atoms with Crippen LogP contribution in [-0.4, -0.2) is 42.6 Å². The maximum absolute atomic E-state index is 13.1. The zero-order valence-corrected chi connectivity index (χ0v) is 15.1. The molecule has 130 valence electrons. The lowest BCUT2D eigenvalue weighted by Crippen LogP contribution is -2.52. The van der Waals surface area contributed by atoms with E-state index in [2.05, 4.69) is 0 Å². The van der Waals surface area contributed by atoms with Crippen molar-refractivity contribution in [1.82, 2.24) is 4.31 Å². The Labute approximate surface area is 138 Å². The minimum atomic E-state index is -3.62. The van der Waals surface area contributed by atoms with Gasteiger partial charge in [0.2, 0.25) is 10.0 Å². The lowest BCUT2D eigenvalue weighted by atomic mass is 9.70. The monoisotopic (exact) mass is 341 g/mol. The van der Waals surface area contributed by atoms with Gasteiger partial charge in [0.15, 0.2) is 0 Å². The molecule has 0 aromatic rings. The van der Waals surface area contributed by atoms with E-state index < -0.39 is 21.5 Å². The van der Waals surface area contributed by atoms with Crippen LogP contribution in [0.2, 0.25) is 0 Å². The number of piperidine rings is 1. The molecular weight excluding hydrogens is 314 g/mol. The first kappa shape index (κ1) is 17.1. The van der Waals surface area contributed by atoms with Crippen LogP contribution < -0.4 is 0 Å². The van der Waals surface area contributed by atoms with Crippen molar-refractivity contribution in [2.75, 3.05) is 12.3 Å². The average Bonchev–Trinajstić information content (AvgIpc) is 2.81. The highest BCUT2D eigenvalue weighted by atomic mass is 32.2. The Morgan fingerprint density at radius 1 is 1.26 bits per heavy atom. The summed E-state index contributed by atoms with van der Waals surface area (Å²) in [6, 6.07) is -0.540. The third-order valence-corrected chi connectivity index (χ3v) is 8.86. The van der Waals surface area contributed by atoms with Crippen molar-refractivity contribution in [1.29, 1.82) is 0 Å². The Balaban J connectivity index is 1.92. The van der Waals surface area contributed by atoms with E-state index in [1.54, 1.807) is 0 Å². The maximum atomic E-state index is 13.1. The Hall–Kier alpha value is -0.750. The van der Waals surface area contributed by atoms with E-state index in [-0.39, 0.29) is 22.7 Å². The smallest absolute Gasteiger partial charge is 0.215 e. The maximum Gasteiger partial charge on any atom is 0.215 e. The molecule has 0 spiro atoms. The van der Waals surface area contributed by atoms with Gasteiger partial charge in [-0.2, -0.15) is 4.31 Å². The Bertz CT molecular complexity index is 639. The molecule has 1 aliphatic heterocycles. The minimum Gasteiger partial charge on any atom is -0.299 e. The number of carbonyl (C=O) groups excluding carboxylic acids is 2. The van der Waals surface area contributed by atoms with Crippen molar-refractivity contribution in [3.63, 3.8) is 0 Å². The number of hydrogen-bond donors (Lipinski definition) is 0. The first-order valence-corrected chi connectivity index (χ1v) is 10.3. The number of ketones is 2. The number of hydrogen-bond acceptors (Lipinski definition) is 4. The van der Waals surface area contributed by atoms with Gasteiger partial charge in [-0.1, -0.05) is 20.3 Å². The van der Waals surface area contributed by atoms with Crippen molar-refractivity contribution in [2.24, 2.45) is 16.7 Å². The summed E-state index contributed by atoms with van der Waals surface area (Å²) in [5.41, 5.74) is -1.02. The summed E-state index contributed by atoms with van der Waals surface area (Å²) >= 11 is 0. The summed E-state index contributed by atoms with van der Waals surface area (Å²) in [6.45, 7) is 5.96. The van der Waals surface area contributed by atoms with Gasteiger partial charge < -0.3 is 0 Å². The van der Waals surface area contributed by atoms with Crippen molar-refractivity contribution >= 4 is 21.6 Å². The van der Waals surface area contributed by atoms with Gasteiger partial charge in [0.1, 0.15) is 11.6 Å². The van der Waals surface area contributed by atoms with Gasteiger partial charge in [-0.15, -0.1) is 0 Å². The second-order valence-corrected chi connectivity index (χ2v) is 10.1. The van der Waals surface area contributed by atoms with Gasteiger partial charge in [-0.3, -0.25) is 9.59 Å². The topological polar surface area (TPSA) is 71.5 Å². The highest BCUT2D eigenvalue weighted by molar-refractivity contribution is 7.89. The van der Waals surface area contributed by atoms with Crippen LogP contribution in [-0.2, 0) is 19.6 Å². The predicted octanol–water partition coefficient (Wildman–Crippen LogP) is 2.16. The van der Waals surface area contributed by atoms with Gasteiger partial charge in [0.25, 0.3) is 0 Å². The summed E-state index contributed by atoms with van der Waals surface area (Å²) < 4.78 is 27.6.